The third-order valence-electron chi connectivity index (χ3n) is 6.86. The van der Waals surface area contributed by atoms with Crippen LogP contribution in [0.3, 0.4) is 0 Å². The molecular formula is C24H26FN7O. The summed E-state index contributed by atoms with van der Waals surface area (Å²) >= 11 is 0. The molecule has 3 aromatic rings. The number of aromatic nitrogens is 4. The molecule has 5 rings (SSSR count). The zero-order chi connectivity index (χ0) is 23.2. The van der Waals surface area contributed by atoms with E-state index in [4.69, 9.17) is 5.26 Å². The molecule has 2 fully saturated rings. The van der Waals surface area contributed by atoms with E-state index in [0.29, 0.717) is 17.4 Å². The number of piperidine rings is 1. The van der Waals surface area contributed by atoms with Gasteiger partial charge in [-0.2, -0.15) is 5.26 Å². The molecule has 0 aliphatic carbocycles. The van der Waals surface area contributed by atoms with Crippen molar-refractivity contribution in [2.24, 2.45) is 5.92 Å². The smallest absolute Gasteiger partial charge is 0.158 e. The van der Waals surface area contributed by atoms with E-state index < -0.39 is 5.82 Å². The first-order chi connectivity index (χ1) is 15.8. The van der Waals surface area contributed by atoms with Crippen LogP contribution in [0.25, 0.3) is 16.9 Å². The minimum absolute atomic E-state index is 0.0924. The van der Waals surface area contributed by atoms with Crippen molar-refractivity contribution in [1.82, 2.24) is 25.1 Å². The fourth-order valence-electron chi connectivity index (χ4n) is 5.49. The summed E-state index contributed by atoms with van der Waals surface area (Å²) in [5.74, 6) is 0.496. The topological polar surface area (TPSA) is 112 Å². The zero-order valence-corrected chi connectivity index (χ0v) is 18.6. The van der Waals surface area contributed by atoms with E-state index in [-0.39, 0.29) is 33.8 Å². The summed E-state index contributed by atoms with van der Waals surface area (Å²) in [6.45, 7) is 5.45. The molecule has 9 heteroatoms. The van der Waals surface area contributed by atoms with Crippen LogP contribution in [-0.4, -0.2) is 42.5 Å². The van der Waals surface area contributed by atoms with Gasteiger partial charge in [-0.15, -0.1) is 10.2 Å². The predicted molar refractivity (Wildman–Crippen MR) is 121 cm³/mol. The van der Waals surface area contributed by atoms with Crippen molar-refractivity contribution in [3.05, 3.63) is 48.3 Å². The highest BCUT2D eigenvalue weighted by atomic mass is 19.1. The molecule has 2 aliphatic heterocycles. The van der Waals surface area contributed by atoms with E-state index in [1.54, 1.807) is 12.1 Å². The van der Waals surface area contributed by atoms with E-state index in [9.17, 15) is 9.50 Å². The summed E-state index contributed by atoms with van der Waals surface area (Å²) < 4.78 is 16.1. The van der Waals surface area contributed by atoms with Gasteiger partial charge < -0.3 is 20.3 Å². The SMILES string of the molecule is CC12CCC(C)(CC(CNc3ccc(-c4cc(F)c(-n5cnc(C#N)c5)cc4O)nn3)C1)N2. The highest BCUT2D eigenvalue weighted by Gasteiger charge is 2.48. The van der Waals surface area contributed by atoms with Crippen LogP contribution in [-0.2, 0) is 0 Å². The Morgan fingerprint density at radius 2 is 2.00 bits per heavy atom. The number of phenolic OH excluding ortho intramolecular Hbond substituents is 1. The number of hydrogen-bond donors (Lipinski definition) is 3. The number of nitrogens with zero attached hydrogens (tertiary/aromatic N) is 5. The van der Waals surface area contributed by atoms with Crippen LogP contribution in [0.1, 0.15) is 45.2 Å². The molecule has 2 atom stereocenters. The highest BCUT2D eigenvalue weighted by Crippen LogP contribution is 2.44. The van der Waals surface area contributed by atoms with Gasteiger partial charge in [0.2, 0.25) is 0 Å². The summed E-state index contributed by atoms with van der Waals surface area (Å²) in [5, 5.41) is 35.0. The van der Waals surface area contributed by atoms with Gasteiger partial charge in [0, 0.05) is 35.4 Å². The zero-order valence-electron chi connectivity index (χ0n) is 18.6. The maximum atomic E-state index is 14.7. The van der Waals surface area contributed by atoms with Gasteiger partial charge in [-0.25, -0.2) is 9.37 Å². The normalized spacial score (nSPS) is 26.2. The molecule has 1 aromatic carbocycles. The van der Waals surface area contributed by atoms with Crippen LogP contribution < -0.4 is 10.6 Å². The van der Waals surface area contributed by atoms with E-state index >= 15 is 0 Å². The summed E-state index contributed by atoms with van der Waals surface area (Å²) in [4.78, 5) is 3.86. The lowest BCUT2D eigenvalue weighted by atomic mass is 9.80. The third-order valence-corrected chi connectivity index (χ3v) is 6.86. The number of benzene rings is 1. The number of imidazole rings is 1. The molecule has 8 nitrogen and oxygen atoms in total. The number of nitrogens with one attached hydrogen (secondary N) is 2. The fraction of sp³-hybridized carbons (Fsp3) is 0.417. The first-order valence-electron chi connectivity index (χ1n) is 11.1. The maximum absolute atomic E-state index is 14.7. The van der Waals surface area contributed by atoms with Crippen molar-refractivity contribution in [2.75, 3.05) is 11.9 Å². The van der Waals surface area contributed by atoms with Crippen molar-refractivity contribution in [1.29, 1.82) is 5.26 Å². The Labute approximate surface area is 191 Å². The molecule has 2 unspecified atom stereocenters. The van der Waals surface area contributed by atoms with Crippen LogP contribution in [0.5, 0.6) is 5.75 Å². The molecule has 2 aromatic heterocycles. The van der Waals surface area contributed by atoms with Gasteiger partial charge in [0.05, 0.1) is 11.4 Å². The predicted octanol–water partition coefficient (Wildman–Crippen LogP) is 3.77. The summed E-state index contributed by atoms with van der Waals surface area (Å²) in [5.41, 5.74) is 1.30. The Morgan fingerprint density at radius 3 is 2.64 bits per heavy atom. The second kappa shape index (κ2) is 7.81. The second-order valence-electron chi connectivity index (χ2n) is 9.80. The molecule has 2 saturated heterocycles. The molecule has 0 saturated carbocycles. The van der Waals surface area contributed by atoms with Crippen LogP contribution in [0, 0.1) is 23.1 Å². The molecule has 0 radical (unpaired) electrons. The molecular weight excluding hydrogens is 421 g/mol. The van der Waals surface area contributed by atoms with Gasteiger partial charge in [0.15, 0.2) is 5.69 Å². The average molecular weight is 448 g/mol. The Hall–Kier alpha value is -3.51. The number of hydrogen-bond acceptors (Lipinski definition) is 7. The minimum atomic E-state index is -0.573. The summed E-state index contributed by atoms with van der Waals surface area (Å²) in [6, 6.07) is 7.89. The monoisotopic (exact) mass is 447 g/mol. The molecule has 0 spiro atoms. The molecule has 2 bridgehead atoms. The number of fused-ring (bicyclic) bond motifs is 2. The number of phenols is 1. The van der Waals surface area contributed by atoms with Crippen molar-refractivity contribution >= 4 is 5.82 Å². The average Bonchev–Trinajstić information content (AvgIpc) is 3.35. The molecule has 4 heterocycles. The maximum Gasteiger partial charge on any atom is 0.158 e. The number of anilines is 1. The van der Waals surface area contributed by atoms with E-state index in [1.807, 2.05) is 6.07 Å². The van der Waals surface area contributed by atoms with Crippen LogP contribution in [0.15, 0.2) is 36.8 Å². The molecule has 3 N–H and O–H groups in total. The Balaban J connectivity index is 1.28. The highest BCUT2D eigenvalue weighted by molar-refractivity contribution is 5.69. The lowest BCUT2D eigenvalue weighted by molar-refractivity contribution is 0.178. The standard InChI is InChI=1S/C24H26FN7O/c1-23-5-6-24(2,31-23)10-15(9-23)12-27-22-4-3-19(29-30-22)17-7-18(25)20(8-21(17)33)32-13-16(11-26)28-14-32/h3-4,7-8,13-15,31,33H,5-6,9-10,12H2,1-2H3,(H,27,30). The Kier molecular flexibility index (Phi) is 5.05. The third kappa shape index (κ3) is 4.14. The van der Waals surface area contributed by atoms with Crippen molar-refractivity contribution in [3.63, 3.8) is 0 Å². The lowest BCUT2D eigenvalue weighted by Gasteiger charge is -2.42. The van der Waals surface area contributed by atoms with Gasteiger partial charge in [-0.1, -0.05) is 0 Å². The molecule has 33 heavy (non-hydrogen) atoms. The first-order valence-corrected chi connectivity index (χ1v) is 11.1. The van der Waals surface area contributed by atoms with Crippen LogP contribution in [0.4, 0.5) is 10.2 Å². The first kappa shape index (κ1) is 21.3. The van der Waals surface area contributed by atoms with Gasteiger partial charge in [0.1, 0.15) is 29.8 Å². The summed E-state index contributed by atoms with van der Waals surface area (Å²) in [7, 11) is 0. The lowest BCUT2D eigenvalue weighted by Crippen LogP contribution is -2.54. The molecule has 0 amide bonds. The fourth-order valence-corrected chi connectivity index (χ4v) is 5.49. The Morgan fingerprint density at radius 1 is 1.24 bits per heavy atom. The van der Waals surface area contributed by atoms with E-state index in [1.165, 1.54) is 42.1 Å². The number of halogens is 1. The second-order valence-corrected chi connectivity index (χ2v) is 9.80. The summed E-state index contributed by atoms with van der Waals surface area (Å²) in [6.07, 6.45) is 7.42. The molecule has 2 aliphatic rings. The van der Waals surface area contributed by atoms with Crippen molar-refractivity contribution in [3.8, 4) is 28.8 Å². The minimum Gasteiger partial charge on any atom is -0.507 e. The Bertz CT molecular complexity index is 1220. The van der Waals surface area contributed by atoms with Gasteiger partial charge in [-0.3, -0.25) is 0 Å². The van der Waals surface area contributed by atoms with Crippen molar-refractivity contribution < 1.29 is 9.50 Å². The van der Waals surface area contributed by atoms with E-state index in [2.05, 4.69) is 39.7 Å². The number of aromatic hydroxyl groups is 1. The van der Waals surface area contributed by atoms with E-state index in [0.717, 1.165) is 19.4 Å². The number of rotatable bonds is 5. The van der Waals surface area contributed by atoms with Gasteiger partial charge in [0.25, 0.3) is 0 Å². The van der Waals surface area contributed by atoms with Crippen molar-refractivity contribution in [2.45, 2.75) is 50.6 Å². The quantitative estimate of drug-likeness (QED) is 0.546. The number of nitriles is 1. The van der Waals surface area contributed by atoms with Gasteiger partial charge in [-0.05, 0) is 63.6 Å². The van der Waals surface area contributed by atoms with Crippen LogP contribution >= 0.6 is 0 Å². The largest absolute Gasteiger partial charge is 0.507 e. The molecule has 170 valence electrons. The van der Waals surface area contributed by atoms with Gasteiger partial charge >= 0.3 is 0 Å². The van der Waals surface area contributed by atoms with Crippen LogP contribution in [0.2, 0.25) is 0 Å².